The summed E-state index contributed by atoms with van der Waals surface area (Å²) in [5.74, 6) is 0.135. The largest absolute Gasteiger partial charge is 0.495 e. The molecule has 0 radical (unpaired) electrons. The predicted molar refractivity (Wildman–Crippen MR) is 94.2 cm³/mol. The molecule has 1 saturated heterocycles. The number of hydrogen-bond acceptors (Lipinski definition) is 6. The van der Waals surface area contributed by atoms with Gasteiger partial charge in [-0.15, -0.1) is 12.4 Å². The average molecular weight is 399 g/mol. The molecule has 0 saturated carbocycles. The highest BCUT2D eigenvalue weighted by atomic mass is 35.5. The molecule has 0 aromatic heterocycles. The fourth-order valence-corrected chi connectivity index (χ4v) is 5.22. The van der Waals surface area contributed by atoms with Gasteiger partial charge in [0.15, 0.2) is 9.84 Å². The van der Waals surface area contributed by atoms with Gasteiger partial charge in [-0.1, -0.05) is 0 Å². The Bertz CT molecular complexity index is 785. The monoisotopic (exact) mass is 398 g/mol. The van der Waals surface area contributed by atoms with Gasteiger partial charge < -0.3 is 10.1 Å². The molecule has 1 heterocycles. The first-order valence-corrected chi connectivity index (χ1v) is 10.5. The van der Waals surface area contributed by atoms with Crippen molar-refractivity contribution in [2.24, 2.45) is 0 Å². The minimum atomic E-state index is -3.85. The highest BCUT2D eigenvalue weighted by Crippen LogP contribution is 2.30. The summed E-state index contributed by atoms with van der Waals surface area (Å²) >= 11 is 0. The van der Waals surface area contributed by atoms with E-state index in [2.05, 4.69) is 5.32 Å². The lowest BCUT2D eigenvalue weighted by Crippen LogP contribution is -2.55. The molecular weight excluding hydrogens is 376 g/mol. The minimum Gasteiger partial charge on any atom is -0.495 e. The second-order valence-electron chi connectivity index (χ2n) is 5.88. The van der Waals surface area contributed by atoms with Gasteiger partial charge in [-0.2, -0.15) is 4.31 Å². The van der Waals surface area contributed by atoms with Gasteiger partial charge in [0.2, 0.25) is 10.0 Å². The van der Waals surface area contributed by atoms with Gasteiger partial charge in [-0.3, -0.25) is 0 Å². The smallest absolute Gasteiger partial charge is 0.246 e. The van der Waals surface area contributed by atoms with Crippen LogP contribution < -0.4 is 10.1 Å². The SMILES string of the molecule is COc1ccc(S(C)(=O)=O)cc1S(=O)(=O)N1CC(C)NC(C)C1.Cl. The predicted octanol–water partition coefficient (Wildman–Crippen LogP) is 0.891. The van der Waals surface area contributed by atoms with E-state index in [1.165, 1.54) is 29.6 Å². The number of ether oxygens (including phenoxy) is 1. The molecule has 2 atom stereocenters. The molecule has 0 aliphatic carbocycles. The topological polar surface area (TPSA) is 92.8 Å². The van der Waals surface area contributed by atoms with Gasteiger partial charge in [0.05, 0.1) is 12.0 Å². The molecule has 1 fully saturated rings. The van der Waals surface area contributed by atoms with E-state index in [4.69, 9.17) is 4.74 Å². The van der Waals surface area contributed by atoms with Crippen LogP contribution in [0.2, 0.25) is 0 Å². The Morgan fingerprint density at radius 3 is 2.12 bits per heavy atom. The Morgan fingerprint density at radius 1 is 1.12 bits per heavy atom. The molecule has 1 aromatic carbocycles. The molecule has 2 rings (SSSR count). The van der Waals surface area contributed by atoms with E-state index in [1.54, 1.807) is 0 Å². The molecule has 0 bridgehead atoms. The van der Waals surface area contributed by atoms with Crippen LogP contribution >= 0.6 is 12.4 Å². The molecule has 0 amide bonds. The Balaban J connectivity index is 0.00000288. The van der Waals surface area contributed by atoms with Crippen LogP contribution in [0.25, 0.3) is 0 Å². The maximum absolute atomic E-state index is 13.0. The van der Waals surface area contributed by atoms with Crippen molar-refractivity contribution < 1.29 is 21.6 Å². The highest BCUT2D eigenvalue weighted by molar-refractivity contribution is 7.91. The van der Waals surface area contributed by atoms with Crippen LogP contribution in [0.15, 0.2) is 28.0 Å². The zero-order valence-corrected chi connectivity index (χ0v) is 16.5. The van der Waals surface area contributed by atoms with Crippen molar-refractivity contribution in [1.29, 1.82) is 0 Å². The zero-order chi connectivity index (χ0) is 17.4. The number of sulfone groups is 1. The quantitative estimate of drug-likeness (QED) is 0.809. The lowest BCUT2D eigenvalue weighted by atomic mass is 10.2. The highest BCUT2D eigenvalue weighted by Gasteiger charge is 2.33. The summed E-state index contributed by atoms with van der Waals surface area (Å²) in [6.07, 6.45) is 1.04. The second kappa shape index (κ2) is 7.57. The molecule has 0 spiro atoms. The van der Waals surface area contributed by atoms with E-state index in [0.29, 0.717) is 13.1 Å². The van der Waals surface area contributed by atoms with E-state index in [0.717, 1.165) is 6.26 Å². The van der Waals surface area contributed by atoms with Gasteiger partial charge in [0.25, 0.3) is 0 Å². The van der Waals surface area contributed by atoms with Crippen molar-refractivity contribution in [3.05, 3.63) is 18.2 Å². The van der Waals surface area contributed by atoms with Crippen LogP contribution in [0.4, 0.5) is 0 Å². The summed E-state index contributed by atoms with van der Waals surface area (Å²) in [7, 11) is -6.00. The third-order valence-corrected chi connectivity index (χ3v) is 6.67. The molecule has 24 heavy (non-hydrogen) atoms. The Kier molecular flexibility index (Phi) is 6.68. The fraction of sp³-hybridized carbons (Fsp3) is 0.571. The summed E-state index contributed by atoms with van der Waals surface area (Å²) in [4.78, 5) is -0.169. The van der Waals surface area contributed by atoms with Gasteiger partial charge in [0, 0.05) is 31.4 Å². The van der Waals surface area contributed by atoms with Crippen molar-refractivity contribution >= 4 is 32.3 Å². The first kappa shape index (κ1) is 21.2. The molecule has 10 heteroatoms. The van der Waals surface area contributed by atoms with Crippen LogP contribution in [0.1, 0.15) is 13.8 Å². The minimum absolute atomic E-state index is 0. The van der Waals surface area contributed by atoms with E-state index in [-0.39, 0.29) is 40.0 Å². The first-order valence-electron chi connectivity index (χ1n) is 7.20. The van der Waals surface area contributed by atoms with E-state index >= 15 is 0 Å². The Morgan fingerprint density at radius 2 is 1.67 bits per heavy atom. The lowest BCUT2D eigenvalue weighted by molar-refractivity contribution is 0.262. The number of rotatable bonds is 4. The summed E-state index contributed by atoms with van der Waals surface area (Å²) in [5, 5.41) is 3.26. The van der Waals surface area contributed by atoms with E-state index < -0.39 is 19.9 Å². The summed E-state index contributed by atoms with van der Waals surface area (Å²) < 4.78 is 55.9. The lowest BCUT2D eigenvalue weighted by Gasteiger charge is -2.35. The summed E-state index contributed by atoms with van der Waals surface area (Å²) in [5.41, 5.74) is 0. The van der Waals surface area contributed by atoms with Crippen molar-refractivity contribution in [2.45, 2.75) is 35.7 Å². The molecule has 2 unspecified atom stereocenters. The van der Waals surface area contributed by atoms with Crippen molar-refractivity contribution in [3.63, 3.8) is 0 Å². The molecule has 138 valence electrons. The number of nitrogens with one attached hydrogen (secondary N) is 1. The number of hydrogen-bond donors (Lipinski definition) is 1. The van der Waals surface area contributed by atoms with Crippen LogP contribution in [-0.4, -0.2) is 59.7 Å². The molecule has 1 aliphatic rings. The van der Waals surface area contributed by atoms with Crippen LogP contribution in [0.5, 0.6) is 5.75 Å². The first-order chi connectivity index (χ1) is 10.6. The molecule has 1 N–H and O–H groups in total. The number of piperazine rings is 1. The second-order valence-corrected chi connectivity index (χ2v) is 9.80. The molecule has 7 nitrogen and oxygen atoms in total. The molecule has 1 aliphatic heterocycles. The third-order valence-electron chi connectivity index (χ3n) is 3.71. The van der Waals surface area contributed by atoms with Crippen molar-refractivity contribution in [2.75, 3.05) is 26.5 Å². The standard InChI is InChI=1S/C14H22N2O5S2.ClH/c1-10-8-16(9-11(2)15-10)23(19,20)14-7-12(22(4,17)18)5-6-13(14)21-3;/h5-7,10-11,15H,8-9H2,1-4H3;1H. The number of benzene rings is 1. The number of sulfonamides is 1. The van der Waals surface area contributed by atoms with E-state index in [1.807, 2.05) is 13.8 Å². The number of nitrogens with zero attached hydrogens (tertiary/aromatic N) is 1. The fourth-order valence-electron chi connectivity index (χ4n) is 2.70. The van der Waals surface area contributed by atoms with Crippen LogP contribution in [0.3, 0.4) is 0 Å². The van der Waals surface area contributed by atoms with E-state index in [9.17, 15) is 16.8 Å². The molecular formula is C14H23ClN2O5S2. The third kappa shape index (κ3) is 4.40. The van der Waals surface area contributed by atoms with Crippen LogP contribution in [-0.2, 0) is 19.9 Å². The molecule has 1 aromatic rings. The zero-order valence-electron chi connectivity index (χ0n) is 14.0. The van der Waals surface area contributed by atoms with Gasteiger partial charge in [-0.25, -0.2) is 16.8 Å². The number of methoxy groups -OCH3 is 1. The average Bonchev–Trinajstić information content (AvgIpc) is 2.44. The van der Waals surface area contributed by atoms with Crippen molar-refractivity contribution in [3.8, 4) is 5.75 Å². The number of halogens is 1. The van der Waals surface area contributed by atoms with Gasteiger partial charge in [-0.05, 0) is 32.0 Å². The van der Waals surface area contributed by atoms with Gasteiger partial charge >= 0.3 is 0 Å². The Hall–Kier alpha value is -0.870. The Labute approximate surface area is 149 Å². The maximum Gasteiger partial charge on any atom is 0.246 e. The normalized spacial score (nSPS) is 22.7. The van der Waals surface area contributed by atoms with Crippen LogP contribution in [0, 0.1) is 0 Å². The van der Waals surface area contributed by atoms with Crippen molar-refractivity contribution in [1.82, 2.24) is 9.62 Å². The summed E-state index contributed by atoms with van der Waals surface area (Å²) in [6.45, 7) is 4.45. The van der Waals surface area contributed by atoms with Gasteiger partial charge in [0.1, 0.15) is 10.6 Å². The summed E-state index contributed by atoms with van der Waals surface area (Å²) in [6, 6.07) is 3.91. The maximum atomic E-state index is 13.0.